The van der Waals surface area contributed by atoms with Crippen molar-refractivity contribution < 1.29 is 31.1 Å². The van der Waals surface area contributed by atoms with Crippen LogP contribution < -0.4 is 11.1 Å². The van der Waals surface area contributed by atoms with Crippen molar-refractivity contribution in [3.05, 3.63) is 41.2 Å². The summed E-state index contributed by atoms with van der Waals surface area (Å²) < 4.78 is 78.4. The van der Waals surface area contributed by atoms with Gasteiger partial charge >= 0.3 is 12.4 Å². The number of amides is 1. The van der Waals surface area contributed by atoms with Crippen LogP contribution in [0.1, 0.15) is 30.7 Å². The Bertz CT molecular complexity index is 811. The first-order valence-electron chi connectivity index (χ1n) is 8.03. The maximum absolute atomic E-state index is 12.9. The minimum absolute atomic E-state index is 0.0227. The van der Waals surface area contributed by atoms with Gasteiger partial charge in [-0.05, 0) is 24.1 Å². The molecule has 6 nitrogen and oxygen atoms in total. The number of benzene rings is 1. The number of carbonyl (C=O) groups excluding carboxylic acids is 1. The number of alkyl halides is 6. The molecule has 0 aliphatic rings. The fraction of sp³-hybridized carbons (Fsp3) is 0.438. The normalized spacial score (nSPS) is 13.6. The van der Waals surface area contributed by atoms with Crippen LogP contribution in [-0.2, 0) is 23.7 Å². The molecule has 0 aliphatic carbocycles. The molecular weight excluding hydrogens is 392 g/mol. The van der Waals surface area contributed by atoms with Crippen LogP contribution in [0.5, 0.6) is 0 Å². The van der Waals surface area contributed by atoms with E-state index in [-0.39, 0.29) is 24.2 Å². The van der Waals surface area contributed by atoms with Crippen LogP contribution in [0.25, 0.3) is 5.69 Å². The molecule has 0 saturated carbocycles. The van der Waals surface area contributed by atoms with Crippen molar-refractivity contribution in [2.45, 2.75) is 38.8 Å². The van der Waals surface area contributed by atoms with Gasteiger partial charge in [-0.2, -0.15) is 26.3 Å². The molecule has 1 heterocycles. The van der Waals surface area contributed by atoms with E-state index in [0.29, 0.717) is 12.1 Å². The maximum atomic E-state index is 12.9. The van der Waals surface area contributed by atoms with Gasteiger partial charge < -0.3 is 11.1 Å². The van der Waals surface area contributed by atoms with Crippen molar-refractivity contribution in [1.29, 1.82) is 0 Å². The summed E-state index contributed by atoms with van der Waals surface area (Å²) in [6.07, 6.45) is -8.82. The Morgan fingerprint density at radius 1 is 1.11 bits per heavy atom. The van der Waals surface area contributed by atoms with Gasteiger partial charge in [0.2, 0.25) is 5.91 Å². The summed E-state index contributed by atoms with van der Waals surface area (Å²) in [5, 5.41) is 9.66. The number of halogens is 6. The Kier molecular flexibility index (Phi) is 6.02. The van der Waals surface area contributed by atoms with Crippen molar-refractivity contribution in [3.63, 3.8) is 0 Å². The van der Waals surface area contributed by atoms with Crippen molar-refractivity contribution in [2.75, 3.05) is 0 Å². The minimum Gasteiger partial charge on any atom is -0.349 e. The van der Waals surface area contributed by atoms with Gasteiger partial charge in [-0.15, -0.1) is 5.10 Å². The largest absolute Gasteiger partial charge is 0.416 e. The molecule has 0 aliphatic heterocycles. The number of carbonyl (C=O) groups is 1. The summed E-state index contributed by atoms with van der Waals surface area (Å²) in [7, 11) is 0. The van der Waals surface area contributed by atoms with E-state index in [1.165, 1.54) is 0 Å². The molecule has 2 rings (SSSR count). The van der Waals surface area contributed by atoms with E-state index < -0.39 is 41.1 Å². The summed E-state index contributed by atoms with van der Waals surface area (Å²) in [5.41, 5.74) is 2.40. The van der Waals surface area contributed by atoms with E-state index in [0.717, 1.165) is 10.9 Å². The predicted molar refractivity (Wildman–Crippen MR) is 86.0 cm³/mol. The molecule has 12 heteroatoms. The minimum atomic E-state index is -4.97. The highest BCUT2D eigenvalue weighted by atomic mass is 19.4. The third kappa shape index (κ3) is 5.21. The van der Waals surface area contributed by atoms with Gasteiger partial charge in [0.15, 0.2) is 0 Å². The van der Waals surface area contributed by atoms with Crippen LogP contribution >= 0.6 is 0 Å². The van der Waals surface area contributed by atoms with Gasteiger partial charge in [0.25, 0.3) is 0 Å². The second-order valence-corrected chi connectivity index (χ2v) is 6.41. The number of nitrogens with two attached hydrogens (primary N) is 1. The van der Waals surface area contributed by atoms with Crippen molar-refractivity contribution in [1.82, 2.24) is 20.3 Å². The molecule has 1 amide bonds. The molecule has 1 atom stereocenters. The molecule has 1 aromatic carbocycles. The highest BCUT2D eigenvalue weighted by Crippen LogP contribution is 2.36. The molecule has 0 spiro atoms. The standard InChI is InChI=1S/C16H17F6N5O/c1-8(2)13(23)14(28)24-6-11-7-27(26-25-11)12-4-9(15(17,18)19)3-10(5-12)16(20,21)22/h3-5,7-8,13H,6,23H2,1-2H3,(H,24,28). The van der Waals surface area contributed by atoms with E-state index >= 15 is 0 Å². The van der Waals surface area contributed by atoms with E-state index in [2.05, 4.69) is 15.6 Å². The third-order valence-electron chi connectivity index (χ3n) is 3.84. The third-order valence-corrected chi connectivity index (χ3v) is 3.84. The van der Waals surface area contributed by atoms with Crippen molar-refractivity contribution in [2.24, 2.45) is 11.7 Å². The number of nitrogens with zero attached hydrogens (tertiary/aromatic N) is 3. The number of nitrogens with one attached hydrogen (secondary N) is 1. The molecule has 3 N–H and O–H groups in total. The summed E-state index contributed by atoms with van der Waals surface area (Å²) in [6.45, 7) is 3.35. The average Bonchev–Trinajstić information content (AvgIpc) is 3.06. The van der Waals surface area contributed by atoms with Crippen LogP contribution in [-0.4, -0.2) is 26.9 Å². The first-order valence-corrected chi connectivity index (χ1v) is 8.03. The zero-order valence-electron chi connectivity index (χ0n) is 14.8. The molecule has 1 unspecified atom stereocenters. The SMILES string of the molecule is CC(C)C(N)C(=O)NCc1cn(-c2cc(C(F)(F)F)cc(C(F)(F)F)c2)nn1. The monoisotopic (exact) mass is 409 g/mol. The van der Waals surface area contributed by atoms with Crippen LogP contribution in [0.3, 0.4) is 0 Å². The fourth-order valence-electron chi connectivity index (χ4n) is 2.17. The second-order valence-electron chi connectivity index (χ2n) is 6.41. The Balaban J connectivity index is 2.28. The van der Waals surface area contributed by atoms with Crippen molar-refractivity contribution >= 4 is 5.91 Å². The molecule has 0 saturated heterocycles. The van der Waals surface area contributed by atoms with Gasteiger partial charge in [0, 0.05) is 0 Å². The summed E-state index contributed by atoms with van der Waals surface area (Å²) >= 11 is 0. The fourth-order valence-corrected chi connectivity index (χ4v) is 2.17. The van der Waals surface area contributed by atoms with Crippen LogP contribution in [0.15, 0.2) is 24.4 Å². The van der Waals surface area contributed by atoms with Crippen molar-refractivity contribution in [3.8, 4) is 5.69 Å². The molecule has 0 radical (unpaired) electrons. The predicted octanol–water partition coefficient (Wildman–Crippen LogP) is 2.90. The Labute approximate surface area is 155 Å². The van der Waals surface area contributed by atoms with Crippen LogP contribution in [0.4, 0.5) is 26.3 Å². The zero-order chi connectivity index (χ0) is 21.3. The number of aromatic nitrogens is 3. The van der Waals surface area contributed by atoms with Gasteiger partial charge in [0.1, 0.15) is 5.69 Å². The lowest BCUT2D eigenvalue weighted by Gasteiger charge is -2.14. The van der Waals surface area contributed by atoms with Crippen LogP contribution in [0, 0.1) is 5.92 Å². The molecule has 2 aromatic rings. The van der Waals surface area contributed by atoms with Gasteiger partial charge in [0.05, 0.1) is 35.6 Å². The molecule has 154 valence electrons. The lowest BCUT2D eigenvalue weighted by Crippen LogP contribution is -2.43. The highest BCUT2D eigenvalue weighted by Gasteiger charge is 2.37. The van der Waals surface area contributed by atoms with E-state index in [9.17, 15) is 31.1 Å². The molecular formula is C16H17F6N5O. The number of hydrogen-bond acceptors (Lipinski definition) is 4. The Morgan fingerprint density at radius 2 is 1.64 bits per heavy atom. The first kappa shape index (κ1) is 21.7. The molecule has 0 bridgehead atoms. The molecule has 1 aromatic heterocycles. The topological polar surface area (TPSA) is 85.8 Å². The van der Waals surface area contributed by atoms with E-state index in [4.69, 9.17) is 5.73 Å². The molecule has 0 fully saturated rings. The Morgan fingerprint density at radius 3 is 2.11 bits per heavy atom. The quantitative estimate of drug-likeness (QED) is 0.744. The molecule has 28 heavy (non-hydrogen) atoms. The lowest BCUT2D eigenvalue weighted by atomic mass is 10.1. The van der Waals surface area contributed by atoms with E-state index in [1.807, 2.05) is 0 Å². The zero-order valence-corrected chi connectivity index (χ0v) is 14.8. The van der Waals surface area contributed by atoms with Gasteiger partial charge in [-0.3, -0.25) is 4.79 Å². The maximum Gasteiger partial charge on any atom is 0.416 e. The average molecular weight is 409 g/mol. The summed E-state index contributed by atoms with van der Waals surface area (Å²) in [4.78, 5) is 11.8. The van der Waals surface area contributed by atoms with Crippen LogP contribution in [0.2, 0.25) is 0 Å². The summed E-state index contributed by atoms with van der Waals surface area (Å²) in [5.74, 6) is -0.593. The second kappa shape index (κ2) is 7.78. The van der Waals surface area contributed by atoms with Gasteiger partial charge in [-0.25, -0.2) is 4.68 Å². The first-order chi connectivity index (χ1) is 12.8. The highest BCUT2D eigenvalue weighted by molar-refractivity contribution is 5.81. The number of rotatable bonds is 5. The number of hydrogen-bond donors (Lipinski definition) is 2. The summed E-state index contributed by atoms with van der Waals surface area (Å²) in [6, 6.07) is 0.310. The van der Waals surface area contributed by atoms with E-state index in [1.54, 1.807) is 13.8 Å². The smallest absolute Gasteiger partial charge is 0.349 e. The lowest BCUT2D eigenvalue weighted by molar-refractivity contribution is -0.143. The Hall–Kier alpha value is -2.63. The van der Waals surface area contributed by atoms with Gasteiger partial charge in [-0.1, -0.05) is 19.1 Å².